The van der Waals surface area contributed by atoms with Gasteiger partial charge in [-0.3, -0.25) is 4.79 Å². The van der Waals surface area contributed by atoms with Crippen molar-refractivity contribution >= 4 is 23.4 Å². The van der Waals surface area contributed by atoms with E-state index in [1.807, 2.05) is 11.0 Å². The monoisotopic (exact) mass is 368 g/mol. The van der Waals surface area contributed by atoms with Crippen LogP contribution in [0.4, 0.5) is 11.5 Å². The van der Waals surface area contributed by atoms with Crippen LogP contribution in [-0.2, 0) is 4.74 Å². The smallest absolute Gasteiger partial charge is 0.340 e. The summed E-state index contributed by atoms with van der Waals surface area (Å²) in [6.07, 6.45) is 5.14. The lowest BCUT2D eigenvalue weighted by molar-refractivity contribution is 0.0527. The van der Waals surface area contributed by atoms with Gasteiger partial charge in [0.1, 0.15) is 11.5 Å². The number of piperidine rings is 1. The molecule has 1 fully saturated rings. The Morgan fingerprint density at radius 3 is 2.78 bits per heavy atom. The summed E-state index contributed by atoms with van der Waals surface area (Å²) in [6.45, 7) is 5.74. The molecule has 1 N–H and O–H groups in total. The van der Waals surface area contributed by atoms with Gasteiger partial charge in [0.15, 0.2) is 0 Å². The van der Waals surface area contributed by atoms with Gasteiger partial charge >= 0.3 is 5.97 Å². The van der Waals surface area contributed by atoms with E-state index in [0.717, 1.165) is 25.9 Å². The number of likely N-dealkylation sites (tertiary alicyclic amines) is 1. The van der Waals surface area contributed by atoms with Gasteiger partial charge in [0, 0.05) is 13.1 Å². The highest BCUT2D eigenvalue weighted by molar-refractivity contribution is 5.96. The van der Waals surface area contributed by atoms with Crippen LogP contribution in [0.15, 0.2) is 36.7 Å². The molecule has 0 saturated carbocycles. The minimum Gasteiger partial charge on any atom is -0.462 e. The SMILES string of the molecule is CCOC(=O)c1ccccc1Nc1cnc(C(=O)N2CCCC(C)C2)cn1. The first-order valence-corrected chi connectivity index (χ1v) is 9.23. The van der Waals surface area contributed by atoms with Gasteiger partial charge in [-0.25, -0.2) is 14.8 Å². The van der Waals surface area contributed by atoms with Crippen molar-refractivity contribution in [3.8, 4) is 0 Å². The van der Waals surface area contributed by atoms with Crippen LogP contribution in [0, 0.1) is 5.92 Å². The lowest BCUT2D eigenvalue weighted by Crippen LogP contribution is -2.39. The number of aromatic nitrogens is 2. The average Bonchev–Trinajstić information content (AvgIpc) is 2.68. The van der Waals surface area contributed by atoms with E-state index in [9.17, 15) is 9.59 Å². The third kappa shape index (κ3) is 4.61. The van der Waals surface area contributed by atoms with Crippen LogP contribution in [0.2, 0.25) is 0 Å². The molecule has 27 heavy (non-hydrogen) atoms. The Balaban J connectivity index is 1.71. The summed E-state index contributed by atoms with van der Waals surface area (Å²) in [7, 11) is 0. The molecule has 142 valence electrons. The lowest BCUT2D eigenvalue weighted by atomic mass is 10.0. The molecule has 2 aromatic rings. The van der Waals surface area contributed by atoms with Crippen molar-refractivity contribution in [1.29, 1.82) is 0 Å². The van der Waals surface area contributed by atoms with E-state index in [0.29, 0.717) is 35.3 Å². The van der Waals surface area contributed by atoms with Gasteiger partial charge in [-0.1, -0.05) is 19.1 Å². The second kappa shape index (κ2) is 8.62. The minimum atomic E-state index is -0.403. The summed E-state index contributed by atoms with van der Waals surface area (Å²) < 4.78 is 5.07. The normalized spacial score (nSPS) is 16.7. The van der Waals surface area contributed by atoms with E-state index in [4.69, 9.17) is 4.74 Å². The molecule has 7 nitrogen and oxygen atoms in total. The Morgan fingerprint density at radius 2 is 2.07 bits per heavy atom. The first-order chi connectivity index (χ1) is 13.1. The van der Waals surface area contributed by atoms with Crippen LogP contribution in [0.1, 0.15) is 47.5 Å². The van der Waals surface area contributed by atoms with Gasteiger partial charge in [0.2, 0.25) is 0 Å². The third-order valence-electron chi connectivity index (χ3n) is 4.50. The van der Waals surface area contributed by atoms with Crippen LogP contribution in [0.3, 0.4) is 0 Å². The van der Waals surface area contributed by atoms with Crippen LogP contribution >= 0.6 is 0 Å². The highest BCUT2D eigenvalue weighted by Crippen LogP contribution is 2.21. The van der Waals surface area contributed by atoms with Gasteiger partial charge in [-0.05, 0) is 37.8 Å². The van der Waals surface area contributed by atoms with Crippen LogP contribution in [0.25, 0.3) is 0 Å². The molecule has 1 atom stereocenters. The molecule has 1 aliphatic heterocycles. The number of ether oxygens (including phenoxy) is 1. The molecule has 0 aliphatic carbocycles. The summed E-state index contributed by atoms with van der Waals surface area (Å²) in [4.78, 5) is 35.0. The Kier molecular flexibility index (Phi) is 6.01. The van der Waals surface area contributed by atoms with Crippen LogP contribution in [0.5, 0.6) is 0 Å². The molecule has 7 heteroatoms. The van der Waals surface area contributed by atoms with Gasteiger partial charge in [0.25, 0.3) is 5.91 Å². The fraction of sp³-hybridized carbons (Fsp3) is 0.400. The van der Waals surface area contributed by atoms with E-state index in [2.05, 4.69) is 22.2 Å². The standard InChI is InChI=1S/C20H24N4O3/c1-3-27-20(26)15-8-4-5-9-16(15)23-18-12-21-17(11-22-18)19(25)24-10-6-7-14(2)13-24/h4-5,8-9,11-12,14H,3,6-7,10,13H2,1-2H3,(H,22,23). The number of benzene rings is 1. The third-order valence-corrected chi connectivity index (χ3v) is 4.50. The summed E-state index contributed by atoms with van der Waals surface area (Å²) in [5.74, 6) is 0.471. The number of para-hydroxylation sites is 1. The van der Waals surface area contributed by atoms with Crippen molar-refractivity contribution in [3.63, 3.8) is 0 Å². The maximum atomic E-state index is 12.6. The number of anilines is 2. The minimum absolute atomic E-state index is 0.0903. The first kappa shape index (κ1) is 18.8. The number of carbonyl (C=O) groups excluding carboxylic acids is 2. The maximum Gasteiger partial charge on any atom is 0.340 e. The van der Waals surface area contributed by atoms with Crippen LogP contribution < -0.4 is 5.32 Å². The molecule has 1 saturated heterocycles. The molecule has 1 amide bonds. The maximum absolute atomic E-state index is 12.6. The fourth-order valence-electron chi connectivity index (χ4n) is 3.16. The van der Waals surface area contributed by atoms with Crippen molar-refractivity contribution in [1.82, 2.24) is 14.9 Å². The number of carbonyl (C=O) groups is 2. The van der Waals surface area contributed by atoms with Crippen molar-refractivity contribution in [2.75, 3.05) is 25.0 Å². The van der Waals surface area contributed by atoms with E-state index in [1.54, 1.807) is 25.1 Å². The second-order valence-electron chi connectivity index (χ2n) is 6.68. The summed E-state index contributed by atoms with van der Waals surface area (Å²) in [5.41, 5.74) is 1.33. The summed E-state index contributed by atoms with van der Waals surface area (Å²) >= 11 is 0. The predicted molar refractivity (Wildman–Crippen MR) is 102 cm³/mol. The molecule has 1 aromatic heterocycles. The molecular weight excluding hydrogens is 344 g/mol. The number of amides is 1. The molecule has 0 spiro atoms. The largest absolute Gasteiger partial charge is 0.462 e. The van der Waals surface area contributed by atoms with E-state index >= 15 is 0 Å². The number of hydrogen-bond acceptors (Lipinski definition) is 6. The second-order valence-corrected chi connectivity index (χ2v) is 6.68. The van der Waals surface area contributed by atoms with E-state index in [-0.39, 0.29) is 5.91 Å². The topological polar surface area (TPSA) is 84.4 Å². The van der Waals surface area contributed by atoms with Gasteiger partial charge in [0.05, 0.1) is 30.3 Å². The highest BCUT2D eigenvalue weighted by Gasteiger charge is 2.23. The van der Waals surface area contributed by atoms with Crippen molar-refractivity contribution in [3.05, 3.63) is 47.9 Å². The summed E-state index contributed by atoms with van der Waals surface area (Å²) in [5, 5.41) is 3.07. The first-order valence-electron chi connectivity index (χ1n) is 9.23. The Hall–Kier alpha value is -2.96. The molecular formula is C20H24N4O3. The zero-order valence-corrected chi connectivity index (χ0v) is 15.6. The number of nitrogens with one attached hydrogen (secondary N) is 1. The van der Waals surface area contributed by atoms with Crippen molar-refractivity contribution in [2.24, 2.45) is 5.92 Å². The number of esters is 1. The molecule has 1 unspecified atom stereocenters. The van der Waals surface area contributed by atoms with E-state index < -0.39 is 5.97 Å². The quantitative estimate of drug-likeness (QED) is 0.816. The average molecular weight is 368 g/mol. The van der Waals surface area contributed by atoms with E-state index in [1.165, 1.54) is 12.4 Å². The molecule has 2 heterocycles. The van der Waals surface area contributed by atoms with Gasteiger partial charge < -0.3 is 15.0 Å². The lowest BCUT2D eigenvalue weighted by Gasteiger charge is -2.30. The predicted octanol–water partition coefficient (Wildman–Crippen LogP) is 3.27. The number of rotatable bonds is 5. The summed E-state index contributed by atoms with van der Waals surface area (Å²) in [6, 6.07) is 7.03. The highest BCUT2D eigenvalue weighted by atomic mass is 16.5. The Morgan fingerprint density at radius 1 is 1.26 bits per heavy atom. The molecule has 0 radical (unpaired) electrons. The van der Waals surface area contributed by atoms with Crippen molar-refractivity contribution < 1.29 is 14.3 Å². The molecule has 1 aliphatic rings. The number of nitrogens with zero attached hydrogens (tertiary/aromatic N) is 3. The van der Waals surface area contributed by atoms with Crippen LogP contribution in [-0.4, -0.2) is 46.4 Å². The Bertz CT molecular complexity index is 807. The Labute approximate surface area is 158 Å². The van der Waals surface area contributed by atoms with Gasteiger partial charge in [-0.15, -0.1) is 0 Å². The van der Waals surface area contributed by atoms with Gasteiger partial charge in [-0.2, -0.15) is 0 Å². The van der Waals surface area contributed by atoms with Crippen molar-refractivity contribution in [2.45, 2.75) is 26.7 Å². The fourth-order valence-corrected chi connectivity index (χ4v) is 3.16. The zero-order valence-electron chi connectivity index (χ0n) is 15.6. The number of hydrogen-bond donors (Lipinski definition) is 1. The zero-order chi connectivity index (χ0) is 19.2. The molecule has 3 rings (SSSR count). The molecule has 0 bridgehead atoms. The molecule has 1 aromatic carbocycles.